The summed E-state index contributed by atoms with van der Waals surface area (Å²) in [5.74, 6) is -0.478. The summed E-state index contributed by atoms with van der Waals surface area (Å²) in [5, 5.41) is 0. The number of ketones is 1. The van der Waals surface area contributed by atoms with Crippen LogP contribution in [-0.2, 0) is 9.59 Å². The monoisotopic (exact) mass is 260 g/mol. The van der Waals surface area contributed by atoms with Gasteiger partial charge in [-0.1, -0.05) is 23.8 Å². The van der Waals surface area contributed by atoms with E-state index in [9.17, 15) is 14.4 Å². The number of hydrogen-bond donors (Lipinski definition) is 0. The molecule has 0 aliphatic carbocycles. The van der Waals surface area contributed by atoms with Crippen molar-refractivity contribution in [1.29, 1.82) is 0 Å². The number of carbonyl (C=O) groups is 3. The molecule has 1 saturated heterocycles. The molecule has 1 aromatic rings. The number of amides is 2. The highest BCUT2D eigenvalue weighted by atomic mass is 16.2. The number of rotatable bonds is 3. The minimum Gasteiger partial charge on any atom is -0.335 e. The van der Waals surface area contributed by atoms with Crippen LogP contribution in [0.5, 0.6) is 0 Å². The van der Waals surface area contributed by atoms with Crippen LogP contribution in [0, 0.1) is 6.92 Å². The molecule has 0 bridgehead atoms. The molecule has 0 radical (unpaired) electrons. The van der Waals surface area contributed by atoms with Crippen LogP contribution in [0.3, 0.4) is 0 Å². The van der Waals surface area contributed by atoms with E-state index >= 15 is 0 Å². The zero-order valence-electron chi connectivity index (χ0n) is 11.0. The van der Waals surface area contributed by atoms with Crippen LogP contribution in [0.15, 0.2) is 24.3 Å². The molecule has 1 fully saturated rings. The van der Waals surface area contributed by atoms with Gasteiger partial charge >= 0.3 is 0 Å². The van der Waals surface area contributed by atoms with Gasteiger partial charge in [0.2, 0.25) is 11.8 Å². The van der Waals surface area contributed by atoms with E-state index in [2.05, 4.69) is 0 Å². The second-order valence-electron chi connectivity index (χ2n) is 4.79. The van der Waals surface area contributed by atoms with Crippen molar-refractivity contribution in [3.8, 4) is 0 Å². The van der Waals surface area contributed by atoms with Crippen molar-refractivity contribution in [1.82, 2.24) is 9.80 Å². The van der Waals surface area contributed by atoms with Crippen LogP contribution >= 0.6 is 0 Å². The molecule has 0 unspecified atom stereocenters. The van der Waals surface area contributed by atoms with Crippen molar-refractivity contribution in [2.75, 3.05) is 26.7 Å². The lowest BCUT2D eigenvalue weighted by atomic mass is 10.1. The highest BCUT2D eigenvalue weighted by Crippen LogP contribution is 2.08. The summed E-state index contributed by atoms with van der Waals surface area (Å²) >= 11 is 0. The van der Waals surface area contributed by atoms with Gasteiger partial charge in [0, 0.05) is 12.6 Å². The highest BCUT2D eigenvalue weighted by Gasteiger charge is 2.28. The molecule has 2 amide bonds. The van der Waals surface area contributed by atoms with Crippen molar-refractivity contribution in [3.05, 3.63) is 35.4 Å². The average molecular weight is 260 g/mol. The Balaban J connectivity index is 2.07. The normalized spacial score (nSPS) is 15.9. The number of aryl methyl sites for hydroxylation is 1. The maximum absolute atomic E-state index is 12.1. The molecule has 19 heavy (non-hydrogen) atoms. The maximum Gasteiger partial charge on any atom is 0.243 e. The van der Waals surface area contributed by atoms with Gasteiger partial charge in [-0.05, 0) is 13.0 Å². The van der Waals surface area contributed by atoms with Crippen molar-refractivity contribution >= 4 is 17.6 Å². The molecule has 100 valence electrons. The fraction of sp³-hybridized carbons (Fsp3) is 0.357. The van der Waals surface area contributed by atoms with Crippen molar-refractivity contribution in [2.45, 2.75) is 6.92 Å². The molecule has 0 aromatic heterocycles. The van der Waals surface area contributed by atoms with Crippen LogP contribution in [0.4, 0.5) is 0 Å². The maximum atomic E-state index is 12.1. The molecular weight excluding hydrogens is 244 g/mol. The third kappa shape index (κ3) is 2.99. The van der Waals surface area contributed by atoms with E-state index in [-0.39, 0.29) is 37.2 Å². The van der Waals surface area contributed by atoms with Gasteiger partial charge in [0.05, 0.1) is 13.1 Å². The summed E-state index contributed by atoms with van der Waals surface area (Å²) in [6.45, 7) is 1.88. The van der Waals surface area contributed by atoms with Crippen molar-refractivity contribution in [3.63, 3.8) is 0 Å². The lowest BCUT2D eigenvalue weighted by Gasteiger charge is -2.31. The first-order valence-corrected chi connectivity index (χ1v) is 6.09. The third-order valence-corrected chi connectivity index (χ3v) is 3.15. The average Bonchev–Trinajstić information content (AvgIpc) is 2.36. The van der Waals surface area contributed by atoms with Crippen LogP contribution in [0.25, 0.3) is 0 Å². The van der Waals surface area contributed by atoms with Gasteiger partial charge in [-0.25, -0.2) is 0 Å². The first kappa shape index (κ1) is 13.3. The van der Waals surface area contributed by atoms with E-state index in [1.807, 2.05) is 13.0 Å². The molecule has 5 heteroatoms. The quantitative estimate of drug-likeness (QED) is 0.743. The standard InChI is InChI=1S/C14H16N2O3/c1-10-4-3-5-11(6-10)12(17)7-16-9-13(18)15(2)8-14(16)19/h3-6H,7-9H2,1-2H3. The van der Waals surface area contributed by atoms with Crippen LogP contribution in [0.1, 0.15) is 15.9 Å². The Morgan fingerprint density at radius 1 is 1.21 bits per heavy atom. The van der Waals surface area contributed by atoms with Crippen molar-refractivity contribution < 1.29 is 14.4 Å². The van der Waals surface area contributed by atoms with Gasteiger partial charge in [0.25, 0.3) is 0 Å². The highest BCUT2D eigenvalue weighted by molar-refractivity contribution is 6.01. The first-order chi connectivity index (χ1) is 8.97. The number of hydrogen-bond acceptors (Lipinski definition) is 3. The number of nitrogens with zero attached hydrogens (tertiary/aromatic N) is 2. The Morgan fingerprint density at radius 3 is 2.63 bits per heavy atom. The van der Waals surface area contributed by atoms with Gasteiger partial charge < -0.3 is 9.80 Å². The first-order valence-electron chi connectivity index (χ1n) is 6.09. The molecule has 1 aliphatic heterocycles. The minimum absolute atomic E-state index is 0.0209. The molecule has 2 rings (SSSR count). The number of Topliss-reactive ketones (excluding diaryl/α,β-unsaturated/α-hetero) is 1. The SMILES string of the molecule is Cc1cccc(C(=O)CN2CC(=O)N(C)CC2=O)c1. The van der Waals surface area contributed by atoms with Crippen LogP contribution < -0.4 is 0 Å². The Kier molecular flexibility index (Phi) is 3.64. The Labute approximate surface area is 111 Å². The molecule has 0 saturated carbocycles. The van der Waals surface area contributed by atoms with E-state index in [4.69, 9.17) is 0 Å². The molecule has 5 nitrogen and oxygen atoms in total. The Bertz CT molecular complexity index is 539. The second-order valence-corrected chi connectivity index (χ2v) is 4.79. The lowest BCUT2D eigenvalue weighted by molar-refractivity contribution is -0.148. The van der Waals surface area contributed by atoms with E-state index in [1.54, 1.807) is 25.2 Å². The summed E-state index contributed by atoms with van der Waals surface area (Å²) in [5.41, 5.74) is 1.56. The van der Waals surface area contributed by atoms with Gasteiger partial charge in [0.1, 0.15) is 6.54 Å². The third-order valence-electron chi connectivity index (χ3n) is 3.15. The summed E-state index contributed by atoms with van der Waals surface area (Å²) in [4.78, 5) is 38.1. The topological polar surface area (TPSA) is 57.7 Å². The number of likely N-dealkylation sites (N-methyl/N-ethyl adjacent to an activating group) is 1. The summed E-state index contributed by atoms with van der Waals surface area (Å²) in [6, 6.07) is 7.21. The van der Waals surface area contributed by atoms with E-state index in [0.29, 0.717) is 5.56 Å². The predicted molar refractivity (Wildman–Crippen MR) is 69.7 cm³/mol. The molecule has 0 spiro atoms. The zero-order valence-corrected chi connectivity index (χ0v) is 11.0. The summed E-state index contributed by atoms with van der Waals surface area (Å²) in [6.07, 6.45) is 0. The van der Waals surface area contributed by atoms with E-state index in [0.717, 1.165) is 5.56 Å². The number of carbonyl (C=O) groups excluding carboxylic acids is 3. The van der Waals surface area contributed by atoms with Gasteiger partial charge in [-0.3, -0.25) is 14.4 Å². The lowest BCUT2D eigenvalue weighted by Crippen LogP contribution is -2.53. The van der Waals surface area contributed by atoms with Crippen molar-refractivity contribution in [2.24, 2.45) is 0 Å². The Morgan fingerprint density at radius 2 is 1.95 bits per heavy atom. The van der Waals surface area contributed by atoms with E-state index < -0.39 is 0 Å². The number of benzene rings is 1. The van der Waals surface area contributed by atoms with Crippen LogP contribution in [0.2, 0.25) is 0 Å². The predicted octanol–water partition coefficient (Wildman–Crippen LogP) is 0.478. The smallest absolute Gasteiger partial charge is 0.243 e. The fourth-order valence-corrected chi connectivity index (χ4v) is 1.99. The molecule has 1 aliphatic rings. The molecular formula is C14H16N2O3. The largest absolute Gasteiger partial charge is 0.335 e. The molecule has 1 aromatic carbocycles. The minimum atomic E-state index is -0.192. The zero-order chi connectivity index (χ0) is 14.0. The van der Waals surface area contributed by atoms with Gasteiger partial charge in [-0.15, -0.1) is 0 Å². The Hall–Kier alpha value is -2.17. The second kappa shape index (κ2) is 5.22. The number of piperazine rings is 1. The van der Waals surface area contributed by atoms with Crippen LogP contribution in [-0.4, -0.2) is 54.1 Å². The summed E-state index contributed by atoms with van der Waals surface area (Å²) in [7, 11) is 1.58. The van der Waals surface area contributed by atoms with E-state index in [1.165, 1.54) is 9.80 Å². The van der Waals surface area contributed by atoms with Gasteiger partial charge in [0.15, 0.2) is 5.78 Å². The molecule has 1 heterocycles. The molecule has 0 N–H and O–H groups in total. The molecule has 0 atom stereocenters. The van der Waals surface area contributed by atoms with Gasteiger partial charge in [-0.2, -0.15) is 0 Å². The summed E-state index contributed by atoms with van der Waals surface area (Å²) < 4.78 is 0. The fourth-order valence-electron chi connectivity index (χ4n) is 1.99.